The van der Waals surface area contributed by atoms with Crippen LogP contribution in [0.3, 0.4) is 0 Å². The number of benzene rings is 3. The van der Waals surface area contributed by atoms with Crippen LogP contribution in [0, 0.1) is 13.8 Å². The Morgan fingerprint density at radius 3 is 2.19 bits per heavy atom. The Hall–Kier alpha value is -3.03. The zero-order chi connectivity index (χ0) is 22.6. The van der Waals surface area contributed by atoms with Crippen LogP contribution in [0.4, 0.5) is 11.4 Å². The minimum Gasteiger partial charge on any atom is -0.495 e. The van der Waals surface area contributed by atoms with Crippen LogP contribution in [0.25, 0.3) is 0 Å². The monoisotopic (exact) mass is 458 g/mol. The van der Waals surface area contributed by atoms with Gasteiger partial charge in [-0.2, -0.15) is 0 Å². The maximum atomic E-state index is 13.5. The first-order valence-electron chi connectivity index (χ1n) is 9.50. The van der Waals surface area contributed by atoms with Crippen LogP contribution >= 0.6 is 11.6 Å². The maximum absolute atomic E-state index is 13.5. The van der Waals surface area contributed by atoms with E-state index in [2.05, 4.69) is 5.32 Å². The standard InChI is InChI=1S/C23H23ClN2O4S/c1-16-4-11-20(12-5-16)31(28,29)26(21-14-17(2)6-13-22(21)30-3)15-23(27)25-19-9-7-18(24)8-10-19/h4-14H,15H2,1-3H3,(H,25,27). The molecule has 8 heteroatoms. The topological polar surface area (TPSA) is 75.7 Å². The third-order valence-corrected chi connectivity index (χ3v) is 6.65. The zero-order valence-corrected chi connectivity index (χ0v) is 19.0. The molecule has 0 atom stereocenters. The molecule has 31 heavy (non-hydrogen) atoms. The van der Waals surface area contributed by atoms with Gasteiger partial charge in [-0.15, -0.1) is 0 Å². The highest BCUT2D eigenvalue weighted by Crippen LogP contribution is 2.33. The molecule has 6 nitrogen and oxygen atoms in total. The van der Waals surface area contributed by atoms with Crippen LogP contribution in [-0.2, 0) is 14.8 Å². The average molecular weight is 459 g/mol. The summed E-state index contributed by atoms with van der Waals surface area (Å²) in [4.78, 5) is 12.9. The summed E-state index contributed by atoms with van der Waals surface area (Å²) in [5, 5.41) is 3.24. The minimum absolute atomic E-state index is 0.0842. The molecular weight excluding hydrogens is 436 g/mol. The van der Waals surface area contributed by atoms with Gasteiger partial charge in [-0.05, 0) is 67.9 Å². The number of nitrogens with zero attached hydrogens (tertiary/aromatic N) is 1. The van der Waals surface area contributed by atoms with Gasteiger partial charge in [0.05, 0.1) is 17.7 Å². The molecule has 0 aliphatic carbocycles. The van der Waals surface area contributed by atoms with Gasteiger partial charge in [-0.1, -0.05) is 35.4 Å². The highest BCUT2D eigenvalue weighted by Gasteiger charge is 2.29. The number of amides is 1. The number of anilines is 2. The highest BCUT2D eigenvalue weighted by molar-refractivity contribution is 7.92. The van der Waals surface area contributed by atoms with Crippen molar-refractivity contribution in [2.45, 2.75) is 18.7 Å². The zero-order valence-electron chi connectivity index (χ0n) is 17.4. The first-order valence-corrected chi connectivity index (χ1v) is 11.3. The summed E-state index contributed by atoms with van der Waals surface area (Å²) in [7, 11) is -2.59. The predicted molar refractivity (Wildman–Crippen MR) is 124 cm³/mol. The van der Waals surface area contributed by atoms with E-state index in [1.54, 1.807) is 48.5 Å². The van der Waals surface area contributed by atoms with Crippen molar-refractivity contribution < 1.29 is 17.9 Å². The van der Waals surface area contributed by atoms with Crippen molar-refractivity contribution >= 4 is 38.9 Å². The van der Waals surface area contributed by atoms with Gasteiger partial charge < -0.3 is 10.1 Å². The smallest absolute Gasteiger partial charge is 0.264 e. The molecule has 0 bridgehead atoms. The number of sulfonamides is 1. The van der Waals surface area contributed by atoms with Gasteiger partial charge in [0, 0.05) is 10.7 Å². The molecule has 0 aliphatic rings. The fourth-order valence-electron chi connectivity index (χ4n) is 3.00. The summed E-state index contributed by atoms with van der Waals surface area (Å²) in [6.07, 6.45) is 0. The van der Waals surface area contributed by atoms with Gasteiger partial charge in [-0.25, -0.2) is 8.42 Å². The molecule has 0 radical (unpaired) electrons. The van der Waals surface area contributed by atoms with Crippen LogP contribution in [0.15, 0.2) is 71.6 Å². The largest absolute Gasteiger partial charge is 0.495 e. The molecule has 3 aromatic rings. The Morgan fingerprint density at radius 2 is 1.58 bits per heavy atom. The molecule has 162 valence electrons. The highest BCUT2D eigenvalue weighted by atomic mass is 35.5. The van der Waals surface area contributed by atoms with Gasteiger partial charge >= 0.3 is 0 Å². The van der Waals surface area contributed by atoms with Crippen LogP contribution in [0.1, 0.15) is 11.1 Å². The Kier molecular flexibility index (Phi) is 6.87. The summed E-state index contributed by atoms with van der Waals surface area (Å²) < 4.78 is 33.5. The Morgan fingerprint density at radius 1 is 0.968 bits per heavy atom. The summed E-state index contributed by atoms with van der Waals surface area (Å²) in [5.74, 6) is -0.151. The molecule has 0 spiro atoms. The van der Waals surface area contributed by atoms with Crippen molar-refractivity contribution in [2.24, 2.45) is 0 Å². The molecule has 0 aliphatic heterocycles. The van der Waals surface area contributed by atoms with Crippen molar-refractivity contribution in [3.63, 3.8) is 0 Å². The molecule has 0 heterocycles. The minimum atomic E-state index is -4.04. The Balaban J connectivity index is 2.02. The van der Waals surface area contributed by atoms with Crippen molar-refractivity contribution in [1.29, 1.82) is 0 Å². The molecule has 0 fully saturated rings. The van der Waals surface area contributed by atoms with Gasteiger partial charge in [0.1, 0.15) is 12.3 Å². The summed E-state index contributed by atoms with van der Waals surface area (Å²) in [6, 6.07) is 18.2. The lowest BCUT2D eigenvalue weighted by Crippen LogP contribution is -2.38. The number of nitrogens with one attached hydrogen (secondary N) is 1. The van der Waals surface area contributed by atoms with E-state index < -0.39 is 22.5 Å². The molecule has 1 N–H and O–H groups in total. The SMILES string of the molecule is COc1ccc(C)cc1N(CC(=O)Nc1ccc(Cl)cc1)S(=O)(=O)c1ccc(C)cc1. The lowest BCUT2D eigenvalue weighted by molar-refractivity contribution is -0.114. The molecule has 0 saturated heterocycles. The van der Waals surface area contributed by atoms with E-state index in [1.165, 1.54) is 19.2 Å². The van der Waals surface area contributed by atoms with E-state index in [0.29, 0.717) is 16.5 Å². The number of methoxy groups -OCH3 is 1. The van der Waals surface area contributed by atoms with E-state index >= 15 is 0 Å². The lowest BCUT2D eigenvalue weighted by Gasteiger charge is -2.26. The molecule has 0 saturated carbocycles. The van der Waals surface area contributed by atoms with Crippen LogP contribution in [-0.4, -0.2) is 28.0 Å². The maximum Gasteiger partial charge on any atom is 0.264 e. The van der Waals surface area contributed by atoms with E-state index in [9.17, 15) is 13.2 Å². The second kappa shape index (κ2) is 9.41. The molecule has 0 unspecified atom stereocenters. The normalized spacial score (nSPS) is 11.1. The first kappa shape index (κ1) is 22.7. The Bertz CT molecular complexity index is 1180. The molecule has 0 aromatic heterocycles. The fraction of sp³-hybridized carbons (Fsp3) is 0.174. The molecular formula is C23H23ClN2O4S. The number of rotatable bonds is 7. The van der Waals surface area contributed by atoms with Crippen LogP contribution < -0.4 is 14.4 Å². The number of carbonyl (C=O) groups excluding carboxylic acids is 1. The quantitative estimate of drug-likeness (QED) is 0.551. The number of hydrogen-bond acceptors (Lipinski definition) is 4. The molecule has 3 aromatic carbocycles. The van der Waals surface area contributed by atoms with E-state index in [4.69, 9.17) is 16.3 Å². The van der Waals surface area contributed by atoms with Gasteiger partial charge in [0.2, 0.25) is 5.91 Å². The van der Waals surface area contributed by atoms with Crippen LogP contribution in [0.5, 0.6) is 5.75 Å². The van der Waals surface area contributed by atoms with Crippen molar-refractivity contribution in [3.8, 4) is 5.75 Å². The van der Waals surface area contributed by atoms with Crippen molar-refractivity contribution in [2.75, 3.05) is 23.3 Å². The predicted octanol–water partition coefficient (Wildman–Crippen LogP) is 4.80. The first-order chi connectivity index (χ1) is 14.7. The number of hydrogen-bond donors (Lipinski definition) is 1. The number of carbonyl (C=O) groups is 1. The van der Waals surface area contributed by atoms with E-state index in [1.807, 2.05) is 19.9 Å². The summed E-state index contributed by atoms with van der Waals surface area (Å²) in [6.45, 7) is 3.28. The Labute approximate surface area is 187 Å². The number of ether oxygens (including phenoxy) is 1. The second-order valence-electron chi connectivity index (χ2n) is 7.06. The lowest BCUT2D eigenvalue weighted by atomic mass is 10.2. The summed E-state index contributed by atoms with van der Waals surface area (Å²) >= 11 is 5.89. The van der Waals surface area contributed by atoms with Crippen LogP contribution in [0.2, 0.25) is 5.02 Å². The molecule has 1 amide bonds. The third-order valence-electron chi connectivity index (χ3n) is 4.63. The summed E-state index contributed by atoms with van der Waals surface area (Å²) in [5.41, 5.74) is 2.56. The van der Waals surface area contributed by atoms with E-state index in [-0.39, 0.29) is 10.6 Å². The van der Waals surface area contributed by atoms with E-state index in [0.717, 1.165) is 15.4 Å². The van der Waals surface area contributed by atoms with Crippen molar-refractivity contribution in [3.05, 3.63) is 82.9 Å². The van der Waals surface area contributed by atoms with Gasteiger partial charge in [0.25, 0.3) is 10.0 Å². The van der Waals surface area contributed by atoms with Crippen molar-refractivity contribution in [1.82, 2.24) is 0 Å². The van der Waals surface area contributed by atoms with Gasteiger partial charge in [0.15, 0.2) is 0 Å². The average Bonchev–Trinajstić information content (AvgIpc) is 2.74. The number of aryl methyl sites for hydroxylation is 2. The third kappa shape index (κ3) is 5.37. The fourth-order valence-corrected chi connectivity index (χ4v) is 4.55. The second-order valence-corrected chi connectivity index (χ2v) is 9.35. The van der Waals surface area contributed by atoms with Gasteiger partial charge in [-0.3, -0.25) is 9.10 Å². The molecule has 3 rings (SSSR count). The number of halogens is 1.